The van der Waals surface area contributed by atoms with Gasteiger partial charge in [0.25, 0.3) is 0 Å². The average Bonchev–Trinajstić information content (AvgIpc) is 2.23. The molecule has 1 unspecified atom stereocenters. The Kier molecular flexibility index (Phi) is 7.56. The van der Waals surface area contributed by atoms with Crippen molar-refractivity contribution >= 4 is 6.09 Å². The van der Waals surface area contributed by atoms with Crippen LogP contribution < -0.4 is 10.6 Å². The second kappa shape index (κ2) is 7.87. The van der Waals surface area contributed by atoms with Crippen molar-refractivity contribution in [1.29, 1.82) is 0 Å². The topological polar surface area (TPSA) is 50.4 Å². The van der Waals surface area contributed by atoms with Gasteiger partial charge in [-0.05, 0) is 52.5 Å². The fraction of sp³-hybridized carbons (Fsp3) is 0.938. The fourth-order valence-corrected chi connectivity index (χ4v) is 1.69. The monoisotopic (exact) mass is 286 g/mol. The second-order valence-electron chi connectivity index (χ2n) is 7.54. The van der Waals surface area contributed by atoms with E-state index in [0.717, 1.165) is 13.0 Å². The molecule has 120 valence electrons. The summed E-state index contributed by atoms with van der Waals surface area (Å²) in [6, 6.07) is 0. The van der Waals surface area contributed by atoms with Crippen molar-refractivity contribution in [3.63, 3.8) is 0 Å². The van der Waals surface area contributed by atoms with Crippen LogP contribution in [-0.4, -0.2) is 30.3 Å². The summed E-state index contributed by atoms with van der Waals surface area (Å²) in [7, 11) is 0. The molecule has 0 aromatic rings. The van der Waals surface area contributed by atoms with E-state index < -0.39 is 5.60 Å². The van der Waals surface area contributed by atoms with Gasteiger partial charge in [-0.1, -0.05) is 27.7 Å². The summed E-state index contributed by atoms with van der Waals surface area (Å²) in [6.07, 6.45) is 0.782. The van der Waals surface area contributed by atoms with Crippen LogP contribution in [0.4, 0.5) is 4.79 Å². The maximum Gasteiger partial charge on any atom is 0.407 e. The SMILES string of the molecule is CC(C)CCNC(C)(CNC(=O)OC(C)(C)C)C(C)C. The standard InChI is InChI=1S/C16H34N2O2/c1-12(2)9-10-18-16(8,13(3)4)11-17-14(19)20-15(5,6)7/h12-13,18H,9-11H2,1-8H3,(H,17,19). The molecule has 0 saturated carbocycles. The zero-order chi connectivity index (χ0) is 16.0. The number of ether oxygens (including phenoxy) is 1. The van der Waals surface area contributed by atoms with Crippen LogP contribution in [0.1, 0.15) is 61.8 Å². The molecule has 2 N–H and O–H groups in total. The van der Waals surface area contributed by atoms with Gasteiger partial charge < -0.3 is 15.4 Å². The van der Waals surface area contributed by atoms with Crippen molar-refractivity contribution in [2.24, 2.45) is 11.8 Å². The quantitative estimate of drug-likeness (QED) is 0.752. The molecular weight excluding hydrogens is 252 g/mol. The molecule has 0 bridgehead atoms. The Bertz CT molecular complexity index is 295. The molecule has 0 aliphatic heterocycles. The maximum absolute atomic E-state index is 11.7. The van der Waals surface area contributed by atoms with Gasteiger partial charge in [-0.3, -0.25) is 0 Å². The molecule has 0 saturated heterocycles. The molecule has 0 rings (SSSR count). The summed E-state index contributed by atoms with van der Waals surface area (Å²) in [5, 5.41) is 6.45. The molecule has 0 spiro atoms. The Morgan fingerprint density at radius 1 is 1.10 bits per heavy atom. The van der Waals surface area contributed by atoms with E-state index in [2.05, 4.69) is 45.3 Å². The fourth-order valence-electron chi connectivity index (χ4n) is 1.69. The lowest BCUT2D eigenvalue weighted by Gasteiger charge is -2.36. The molecular formula is C16H34N2O2. The van der Waals surface area contributed by atoms with Crippen LogP contribution in [0.2, 0.25) is 0 Å². The molecule has 0 fully saturated rings. The van der Waals surface area contributed by atoms with Crippen LogP contribution >= 0.6 is 0 Å². The molecule has 0 aliphatic rings. The minimum Gasteiger partial charge on any atom is -0.444 e. The number of nitrogens with one attached hydrogen (secondary N) is 2. The van der Waals surface area contributed by atoms with E-state index in [4.69, 9.17) is 4.74 Å². The van der Waals surface area contributed by atoms with Crippen LogP contribution in [0.3, 0.4) is 0 Å². The molecule has 0 aliphatic carbocycles. The molecule has 0 aromatic carbocycles. The third-order valence-corrected chi connectivity index (χ3v) is 3.52. The smallest absolute Gasteiger partial charge is 0.407 e. The van der Waals surface area contributed by atoms with Crippen LogP contribution in [0, 0.1) is 11.8 Å². The molecule has 4 heteroatoms. The van der Waals surface area contributed by atoms with Crippen LogP contribution in [0.15, 0.2) is 0 Å². The van der Waals surface area contributed by atoms with E-state index in [1.807, 2.05) is 20.8 Å². The Morgan fingerprint density at radius 2 is 1.65 bits per heavy atom. The number of alkyl carbamates (subject to hydrolysis) is 1. The highest BCUT2D eigenvalue weighted by Gasteiger charge is 2.29. The van der Waals surface area contributed by atoms with Crippen molar-refractivity contribution in [3.8, 4) is 0 Å². The number of carbonyl (C=O) groups is 1. The van der Waals surface area contributed by atoms with Crippen molar-refractivity contribution in [2.45, 2.75) is 73.0 Å². The first-order valence-electron chi connectivity index (χ1n) is 7.68. The minimum absolute atomic E-state index is 0.119. The highest BCUT2D eigenvalue weighted by atomic mass is 16.6. The summed E-state index contributed by atoms with van der Waals surface area (Å²) < 4.78 is 5.28. The molecule has 1 amide bonds. The average molecular weight is 286 g/mol. The summed E-state index contributed by atoms with van der Waals surface area (Å²) in [5.41, 5.74) is -0.574. The van der Waals surface area contributed by atoms with E-state index in [0.29, 0.717) is 18.4 Å². The second-order valence-corrected chi connectivity index (χ2v) is 7.54. The minimum atomic E-state index is -0.455. The lowest BCUT2D eigenvalue weighted by atomic mass is 9.88. The van der Waals surface area contributed by atoms with Gasteiger partial charge in [0.15, 0.2) is 0 Å². The number of carbonyl (C=O) groups excluding carboxylic acids is 1. The Labute approximate surface area is 125 Å². The maximum atomic E-state index is 11.7. The lowest BCUT2D eigenvalue weighted by Crippen LogP contribution is -2.55. The third-order valence-electron chi connectivity index (χ3n) is 3.52. The zero-order valence-corrected chi connectivity index (χ0v) is 14.6. The highest BCUT2D eigenvalue weighted by molar-refractivity contribution is 5.67. The zero-order valence-electron chi connectivity index (χ0n) is 14.6. The Balaban J connectivity index is 4.35. The summed E-state index contributed by atoms with van der Waals surface area (Å²) in [4.78, 5) is 11.7. The first-order valence-corrected chi connectivity index (χ1v) is 7.68. The molecule has 0 heterocycles. The number of rotatable bonds is 7. The Morgan fingerprint density at radius 3 is 2.05 bits per heavy atom. The van der Waals surface area contributed by atoms with E-state index >= 15 is 0 Å². The predicted molar refractivity (Wildman–Crippen MR) is 84.9 cm³/mol. The van der Waals surface area contributed by atoms with Crippen LogP contribution in [0.5, 0.6) is 0 Å². The highest BCUT2D eigenvalue weighted by Crippen LogP contribution is 2.16. The van der Waals surface area contributed by atoms with Crippen LogP contribution in [-0.2, 0) is 4.74 Å². The van der Waals surface area contributed by atoms with Gasteiger partial charge in [0.1, 0.15) is 5.60 Å². The van der Waals surface area contributed by atoms with Gasteiger partial charge >= 0.3 is 6.09 Å². The van der Waals surface area contributed by atoms with Crippen molar-refractivity contribution < 1.29 is 9.53 Å². The summed E-state index contributed by atoms with van der Waals surface area (Å²) in [6.45, 7) is 18.0. The van der Waals surface area contributed by atoms with Gasteiger partial charge in [-0.25, -0.2) is 4.79 Å². The van der Waals surface area contributed by atoms with Gasteiger partial charge in [0, 0.05) is 12.1 Å². The van der Waals surface area contributed by atoms with Gasteiger partial charge in [-0.15, -0.1) is 0 Å². The van der Waals surface area contributed by atoms with Crippen molar-refractivity contribution in [1.82, 2.24) is 10.6 Å². The summed E-state index contributed by atoms with van der Waals surface area (Å²) in [5.74, 6) is 1.10. The van der Waals surface area contributed by atoms with Gasteiger partial charge in [0.2, 0.25) is 0 Å². The first-order chi connectivity index (χ1) is 8.96. The van der Waals surface area contributed by atoms with Gasteiger partial charge in [0.05, 0.1) is 0 Å². The number of hydrogen-bond donors (Lipinski definition) is 2. The molecule has 1 atom stereocenters. The summed E-state index contributed by atoms with van der Waals surface area (Å²) >= 11 is 0. The van der Waals surface area contributed by atoms with E-state index in [1.165, 1.54) is 0 Å². The van der Waals surface area contributed by atoms with Crippen LogP contribution in [0.25, 0.3) is 0 Å². The Hall–Kier alpha value is -0.770. The van der Waals surface area contributed by atoms with Crippen molar-refractivity contribution in [3.05, 3.63) is 0 Å². The van der Waals surface area contributed by atoms with Crippen molar-refractivity contribution in [2.75, 3.05) is 13.1 Å². The molecule has 20 heavy (non-hydrogen) atoms. The van der Waals surface area contributed by atoms with E-state index in [1.54, 1.807) is 0 Å². The third kappa shape index (κ3) is 8.41. The largest absolute Gasteiger partial charge is 0.444 e. The van der Waals surface area contributed by atoms with E-state index in [-0.39, 0.29) is 11.6 Å². The number of amides is 1. The van der Waals surface area contributed by atoms with Gasteiger partial charge in [-0.2, -0.15) is 0 Å². The normalized spacial score (nSPS) is 15.3. The molecule has 4 nitrogen and oxygen atoms in total. The molecule has 0 aromatic heterocycles. The predicted octanol–water partition coefficient (Wildman–Crippen LogP) is 3.56. The van der Waals surface area contributed by atoms with E-state index in [9.17, 15) is 4.79 Å². The lowest BCUT2D eigenvalue weighted by molar-refractivity contribution is 0.0503. The molecule has 0 radical (unpaired) electrons. The first kappa shape index (κ1) is 19.2. The number of hydrogen-bond acceptors (Lipinski definition) is 3.